The van der Waals surface area contributed by atoms with E-state index in [0.29, 0.717) is 0 Å². The Morgan fingerprint density at radius 1 is 1.26 bits per heavy atom. The number of aromatic nitrogens is 1. The van der Waals surface area contributed by atoms with Crippen LogP contribution in [-0.2, 0) is 5.75 Å². The van der Waals surface area contributed by atoms with Crippen molar-refractivity contribution in [3.05, 3.63) is 58.3 Å². The summed E-state index contributed by atoms with van der Waals surface area (Å²) in [5, 5.41) is 13.5. The molecule has 0 saturated carbocycles. The first-order valence-corrected chi connectivity index (χ1v) is 6.68. The van der Waals surface area contributed by atoms with E-state index in [4.69, 9.17) is 0 Å². The van der Waals surface area contributed by atoms with E-state index in [1.807, 2.05) is 25.2 Å². The molecule has 0 aliphatic carbocycles. The molecule has 0 unspecified atom stereocenters. The third-order valence-corrected chi connectivity index (χ3v) is 3.54. The summed E-state index contributed by atoms with van der Waals surface area (Å²) in [4.78, 5) is 15.5. The molecule has 0 aliphatic heterocycles. The van der Waals surface area contributed by atoms with E-state index < -0.39 is 4.92 Å². The largest absolute Gasteiger partial charge is 0.373 e. The Labute approximate surface area is 115 Å². The van der Waals surface area contributed by atoms with Crippen LogP contribution in [0.5, 0.6) is 0 Å². The van der Waals surface area contributed by atoms with Crippen molar-refractivity contribution in [1.29, 1.82) is 0 Å². The average Bonchev–Trinajstić information content (AvgIpc) is 2.46. The van der Waals surface area contributed by atoms with Gasteiger partial charge in [0.2, 0.25) is 0 Å². The quantitative estimate of drug-likeness (QED) is 0.515. The molecule has 2 aromatic rings. The Balaban J connectivity index is 1.99. The second kappa shape index (κ2) is 6.19. The summed E-state index contributed by atoms with van der Waals surface area (Å²) in [5.41, 5.74) is 1.08. The third kappa shape index (κ3) is 3.69. The number of pyridine rings is 1. The van der Waals surface area contributed by atoms with Crippen LogP contribution in [0.25, 0.3) is 0 Å². The topological polar surface area (TPSA) is 68.1 Å². The Bertz CT molecular complexity index is 572. The minimum atomic E-state index is -0.396. The van der Waals surface area contributed by atoms with Crippen LogP contribution >= 0.6 is 11.8 Å². The molecule has 0 aliphatic rings. The van der Waals surface area contributed by atoms with E-state index in [2.05, 4.69) is 10.3 Å². The van der Waals surface area contributed by atoms with E-state index in [1.54, 1.807) is 23.9 Å². The lowest BCUT2D eigenvalue weighted by molar-refractivity contribution is -0.384. The number of anilines is 1. The summed E-state index contributed by atoms with van der Waals surface area (Å²) in [5.74, 6) is 1.56. The Kier molecular flexibility index (Phi) is 4.35. The maximum absolute atomic E-state index is 10.5. The number of hydrogen-bond donors (Lipinski definition) is 1. The smallest absolute Gasteiger partial charge is 0.269 e. The Morgan fingerprint density at radius 3 is 2.63 bits per heavy atom. The highest BCUT2D eigenvalue weighted by atomic mass is 32.2. The molecule has 0 atom stereocenters. The van der Waals surface area contributed by atoms with Gasteiger partial charge in [0, 0.05) is 29.8 Å². The SMILES string of the molecule is CNc1cccc(CSc2ccc([N+](=O)[O-])cc2)n1. The van der Waals surface area contributed by atoms with Gasteiger partial charge in [0.1, 0.15) is 5.82 Å². The maximum atomic E-state index is 10.5. The van der Waals surface area contributed by atoms with Crippen LogP contribution in [-0.4, -0.2) is 17.0 Å². The molecular weight excluding hydrogens is 262 g/mol. The van der Waals surface area contributed by atoms with E-state index in [0.717, 1.165) is 22.2 Å². The molecule has 0 fully saturated rings. The minimum absolute atomic E-state index is 0.111. The van der Waals surface area contributed by atoms with Gasteiger partial charge in [0.15, 0.2) is 0 Å². The van der Waals surface area contributed by atoms with Crippen molar-refractivity contribution in [2.45, 2.75) is 10.6 Å². The number of hydrogen-bond acceptors (Lipinski definition) is 5. The molecule has 98 valence electrons. The molecule has 2 rings (SSSR count). The van der Waals surface area contributed by atoms with Crippen LogP contribution in [0.3, 0.4) is 0 Å². The molecule has 6 heteroatoms. The number of nitrogens with zero attached hydrogens (tertiary/aromatic N) is 2. The van der Waals surface area contributed by atoms with Crippen LogP contribution in [0.1, 0.15) is 5.69 Å². The van der Waals surface area contributed by atoms with E-state index in [-0.39, 0.29) is 5.69 Å². The van der Waals surface area contributed by atoms with Gasteiger partial charge in [-0.3, -0.25) is 10.1 Å². The first-order valence-electron chi connectivity index (χ1n) is 5.70. The van der Waals surface area contributed by atoms with Crippen LogP contribution in [0.15, 0.2) is 47.4 Å². The number of non-ortho nitro benzene ring substituents is 1. The molecule has 1 aromatic carbocycles. The van der Waals surface area contributed by atoms with Crippen molar-refractivity contribution in [2.24, 2.45) is 0 Å². The number of nitro benzene ring substituents is 1. The number of benzene rings is 1. The summed E-state index contributed by atoms with van der Waals surface area (Å²) in [6, 6.07) is 12.3. The van der Waals surface area contributed by atoms with Crippen molar-refractivity contribution in [3.63, 3.8) is 0 Å². The van der Waals surface area contributed by atoms with Crippen LogP contribution in [0.4, 0.5) is 11.5 Å². The normalized spacial score (nSPS) is 10.2. The molecule has 1 heterocycles. The Hall–Kier alpha value is -2.08. The van der Waals surface area contributed by atoms with Crippen LogP contribution in [0.2, 0.25) is 0 Å². The van der Waals surface area contributed by atoms with Gasteiger partial charge in [-0.25, -0.2) is 4.98 Å². The molecule has 19 heavy (non-hydrogen) atoms. The summed E-state index contributed by atoms with van der Waals surface area (Å²) in [6.45, 7) is 0. The molecule has 0 amide bonds. The first kappa shape index (κ1) is 13.4. The van der Waals surface area contributed by atoms with Gasteiger partial charge in [-0.05, 0) is 24.3 Å². The number of nitrogens with one attached hydrogen (secondary N) is 1. The second-order valence-electron chi connectivity index (χ2n) is 3.80. The van der Waals surface area contributed by atoms with Crippen molar-refractivity contribution < 1.29 is 4.92 Å². The fourth-order valence-corrected chi connectivity index (χ4v) is 2.32. The van der Waals surface area contributed by atoms with Crippen molar-refractivity contribution in [3.8, 4) is 0 Å². The average molecular weight is 275 g/mol. The van der Waals surface area contributed by atoms with Gasteiger partial charge >= 0.3 is 0 Å². The second-order valence-corrected chi connectivity index (χ2v) is 4.85. The zero-order valence-corrected chi connectivity index (χ0v) is 11.2. The molecule has 1 N–H and O–H groups in total. The molecule has 0 radical (unpaired) electrons. The lowest BCUT2D eigenvalue weighted by Crippen LogP contribution is -1.94. The zero-order valence-electron chi connectivity index (χ0n) is 10.4. The summed E-state index contributed by atoms with van der Waals surface area (Å²) in [6.07, 6.45) is 0. The first-order chi connectivity index (χ1) is 9.19. The highest BCUT2D eigenvalue weighted by Crippen LogP contribution is 2.24. The predicted molar refractivity (Wildman–Crippen MR) is 76.4 cm³/mol. The van der Waals surface area contributed by atoms with Gasteiger partial charge in [-0.2, -0.15) is 0 Å². The molecular formula is C13H13N3O2S. The fourth-order valence-electron chi connectivity index (χ4n) is 1.52. The van der Waals surface area contributed by atoms with Crippen molar-refractivity contribution >= 4 is 23.3 Å². The van der Waals surface area contributed by atoms with Gasteiger partial charge in [0.05, 0.1) is 10.6 Å². The predicted octanol–water partition coefficient (Wildman–Crippen LogP) is 3.32. The molecule has 5 nitrogen and oxygen atoms in total. The van der Waals surface area contributed by atoms with Crippen LogP contribution in [0, 0.1) is 10.1 Å². The van der Waals surface area contributed by atoms with Gasteiger partial charge in [0.25, 0.3) is 5.69 Å². The fraction of sp³-hybridized carbons (Fsp3) is 0.154. The summed E-state index contributed by atoms with van der Waals surface area (Å²) in [7, 11) is 1.83. The third-order valence-electron chi connectivity index (χ3n) is 2.50. The number of nitro groups is 1. The monoisotopic (exact) mass is 275 g/mol. The van der Waals surface area contributed by atoms with E-state index in [9.17, 15) is 10.1 Å². The highest BCUT2D eigenvalue weighted by molar-refractivity contribution is 7.98. The van der Waals surface area contributed by atoms with E-state index in [1.165, 1.54) is 12.1 Å². The lowest BCUT2D eigenvalue weighted by atomic mass is 10.3. The van der Waals surface area contributed by atoms with Crippen molar-refractivity contribution in [2.75, 3.05) is 12.4 Å². The minimum Gasteiger partial charge on any atom is -0.373 e. The van der Waals surface area contributed by atoms with Gasteiger partial charge < -0.3 is 5.32 Å². The zero-order chi connectivity index (χ0) is 13.7. The van der Waals surface area contributed by atoms with Crippen molar-refractivity contribution in [1.82, 2.24) is 4.98 Å². The number of thioether (sulfide) groups is 1. The molecule has 0 bridgehead atoms. The Morgan fingerprint density at radius 2 is 2.00 bits per heavy atom. The highest BCUT2D eigenvalue weighted by Gasteiger charge is 2.04. The van der Waals surface area contributed by atoms with Gasteiger partial charge in [-0.15, -0.1) is 11.8 Å². The molecule has 0 saturated heterocycles. The van der Waals surface area contributed by atoms with E-state index >= 15 is 0 Å². The lowest BCUT2D eigenvalue weighted by Gasteiger charge is -2.04. The van der Waals surface area contributed by atoms with Crippen LogP contribution < -0.4 is 5.32 Å². The number of rotatable bonds is 5. The molecule has 1 aromatic heterocycles. The molecule has 0 spiro atoms. The summed E-state index contributed by atoms with van der Waals surface area (Å²) < 4.78 is 0. The summed E-state index contributed by atoms with van der Waals surface area (Å²) >= 11 is 1.60. The maximum Gasteiger partial charge on any atom is 0.269 e. The van der Waals surface area contributed by atoms with Gasteiger partial charge in [-0.1, -0.05) is 6.07 Å². The standard InChI is InChI=1S/C13H13N3O2S/c1-14-13-4-2-3-10(15-13)9-19-12-7-5-11(6-8-12)16(17)18/h2-8H,9H2,1H3,(H,14,15).